The summed E-state index contributed by atoms with van der Waals surface area (Å²) in [5.74, 6) is 0.0779. The molecule has 0 radical (unpaired) electrons. The van der Waals surface area contributed by atoms with Gasteiger partial charge in [-0.3, -0.25) is 9.36 Å². The average molecular weight is 459 g/mol. The maximum atomic E-state index is 13.5. The van der Waals surface area contributed by atoms with Crippen LogP contribution in [0, 0.1) is 5.92 Å². The Morgan fingerprint density at radius 3 is 2.45 bits per heavy atom. The molecule has 0 spiro atoms. The first-order chi connectivity index (χ1) is 16.1. The summed E-state index contributed by atoms with van der Waals surface area (Å²) in [5.41, 5.74) is -0.299. The van der Waals surface area contributed by atoms with E-state index < -0.39 is 11.6 Å². The van der Waals surface area contributed by atoms with Crippen molar-refractivity contribution in [1.82, 2.24) is 9.55 Å². The van der Waals surface area contributed by atoms with Gasteiger partial charge in [0.05, 0.1) is 20.3 Å². The molecule has 3 heterocycles. The van der Waals surface area contributed by atoms with Gasteiger partial charge in [0, 0.05) is 13.7 Å². The number of nitrogens with zero attached hydrogens (tertiary/aromatic N) is 2. The molecular formula is C25H34N2O6. The second-order valence-corrected chi connectivity index (χ2v) is 8.07. The Morgan fingerprint density at radius 2 is 1.82 bits per heavy atom. The lowest BCUT2D eigenvalue weighted by molar-refractivity contribution is -0.0970. The average Bonchev–Trinajstić information content (AvgIpc) is 3.11. The highest BCUT2D eigenvalue weighted by molar-refractivity contribution is 5.90. The minimum Gasteiger partial charge on any atom is -0.481 e. The van der Waals surface area contributed by atoms with Crippen LogP contribution in [0.15, 0.2) is 35.1 Å². The van der Waals surface area contributed by atoms with Gasteiger partial charge in [0.25, 0.3) is 5.56 Å². The molecule has 2 aliphatic heterocycles. The van der Waals surface area contributed by atoms with Crippen LogP contribution in [0.5, 0.6) is 5.75 Å². The molecule has 180 valence electrons. The summed E-state index contributed by atoms with van der Waals surface area (Å²) in [6, 6.07) is 9.47. The predicted octanol–water partition coefficient (Wildman–Crippen LogP) is 3.70. The van der Waals surface area contributed by atoms with Crippen LogP contribution in [0.3, 0.4) is 0 Å². The van der Waals surface area contributed by atoms with Crippen LogP contribution in [0.4, 0.5) is 0 Å². The zero-order valence-corrected chi connectivity index (χ0v) is 20.0. The molecule has 0 amide bonds. The Balaban J connectivity index is 0.00000149. The third-order valence-corrected chi connectivity index (χ3v) is 6.16. The van der Waals surface area contributed by atoms with E-state index in [9.17, 15) is 9.59 Å². The smallest absolute Gasteiger partial charge is 0.360 e. The number of hydrogen-bond acceptors (Lipinski definition) is 7. The van der Waals surface area contributed by atoms with Gasteiger partial charge >= 0.3 is 5.97 Å². The van der Waals surface area contributed by atoms with Gasteiger partial charge in [0.2, 0.25) is 5.75 Å². The first-order valence-electron chi connectivity index (χ1n) is 11.6. The number of ether oxygens (including phenoxy) is 4. The van der Waals surface area contributed by atoms with Crippen molar-refractivity contribution < 1.29 is 23.7 Å². The van der Waals surface area contributed by atoms with E-state index in [1.165, 1.54) is 7.11 Å². The first-order valence-corrected chi connectivity index (χ1v) is 11.6. The molecule has 0 N–H and O–H groups in total. The number of benzene rings is 1. The zero-order chi connectivity index (χ0) is 23.8. The number of carbonyl (C=O) groups excluding carboxylic acids is 1. The second kappa shape index (κ2) is 11.4. The number of fused-ring (bicyclic) bond motifs is 2. The quantitative estimate of drug-likeness (QED) is 0.440. The van der Waals surface area contributed by atoms with Crippen molar-refractivity contribution in [2.45, 2.75) is 58.3 Å². The van der Waals surface area contributed by atoms with Gasteiger partial charge in [0.15, 0.2) is 5.69 Å². The monoisotopic (exact) mass is 458 g/mol. The molecule has 0 saturated heterocycles. The number of hydrogen-bond donors (Lipinski definition) is 0. The standard InChI is InChI=1S/C23H28N2O6.C2H6/c1-28-12-13-31-23-10-8-16(9-11-23)14-25-20(26)19(18(21(27)29-2)24-22(23)25)30-15-17-6-4-3-5-7-17;1-2/h3-7,16H,8-15H2,1-2H3;1-2H3. The van der Waals surface area contributed by atoms with Crippen molar-refractivity contribution in [3.63, 3.8) is 0 Å². The van der Waals surface area contributed by atoms with Crippen molar-refractivity contribution in [2.75, 3.05) is 27.4 Å². The van der Waals surface area contributed by atoms with E-state index in [-0.39, 0.29) is 23.6 Å². The Kier molecular flexibility index (Phi) is 8.63. The fraction of sp³-hybridized carbons (Fsp3) is 0.560. The van der Waals surface area contributed by atoms with Gasteiger partial charge in [-0.15, -0.1) is 0 Å². The van der Waals surface area contributed by atoms with Crippen LogP contribution in [0.25, 0.3) is 0 Å². The molecule has 8 nitrogen and oxygen atoms in total. The molecule has 1 fully saturated rings. The van der Waals surface area contributed by atoms with Crippen LogP contribution >= 0.6 is 0 Å². The predicted molar refractivity (Wildman–Crippen MR) is 123 cm³/mol. The van der Waals surface area contributed by atoms with Gasteiger partial charge in [-0.05, 0) is 37.2 Å². The van der Waals surface area contributed by atoms with Crippen LogP contribution in [-0.2, 0) is 33.0 Å². The highest BCUT2D eigenvalue weighted by Crippen LogP contribution is 2.45. The Hall–Kier alpha value is -2.71. The molecule has 0 unspecified atom stereocenters. The topological polar surface area (TPSA) is 88.9 Å². The SMILES string of the molecule is CC.COCCOC12CCC(CC1)Cn1c2nc(C(=O)OC)c(OCc2ccccc2)c1=O. The minimum absolute atomic E-state index is 0.0761. The van der Waals surface area contributed by atoms with Crippen LogP contribution < -0.4 is 10.3 Å². The van der Waals surface area contributed by atoms with E-state index in [1.54, 1.807) is 11.7 Å². The second-order valence-electron chi connectivity index (χ2n) is 8.07. The first kappa shape index (κ1) is 24.9. The highest BCUT2D eigenvalue weighted by Gasteiger charge is 2.46. The molecule has 0 atom stereocenters. The molecule has 1 saturated carbocycles. The lowest BCUT2D eigenvalue weighted by atomic mass is 9.80. The van der Waals surface area contributed by atoms with Gasteiger partial charge < -0.3 is 18.9 Å². The normalized spacial score (nSPS) is 20.8. The summed E-state index contributed by atoms with van der Waals surface area (Å²) in [5, 5.41) is 0. The number of rotatable bonds is 8. The Labute approximate surface area is 194 Å². The minimum atomic E-state index is -0.717. The highest BCUT2D eigenvalue weighted by atomic mass is 16.5. The number of methoxy groups -OCH3 is 2. The zero-order valence-electron chi connectivity index (χ0n) is 20.0. The third kappa shape index (κ3) is 5.28. The largest absolute Gasteiger partial charge is 0.481 e. The molecule has 3 aliphatic rings. The summed E-state index contributed by atoms with van der Waals surface area (Å²) < 4.78 is 23.8. The molecule has 1 aromatic carbocycles. The van der Waals surface area contributed by atoms with Crippen molar-refractivity contribution in [2.24, 2.45) is 5.92 Å². The summed E-state index contributed by atoms with van der Waals surface area (Å²) in [6.45, 7) is 5.52. The number of aromatic nitrogens is 2. The van der Waals surface area contributed by atoms with E-state index in [1.807, 2.05) is 44.2 Å². The Bertz CT molecular complexity index is 980. The number of carbonyl (C=O) groups is 1. The molecule has 1 aromatic heterocycles. The maximum absolute atomic E-state index is 13.5. The van der Waals surface area contributed by atoms with Crippen molar-refractivity contribution in [3.8, 4) is 5.75 Å². The van der Waals surface area contributed by atoms with E-state index >= 15 is 0 Å². The van der Waals surface area contributed by atoms with E-state index in [0.29, 0.717) is 31.5 Å². The molecular weight excluding hydrogens is 424 g/mol. The Morgan fingerprint density at radius 1 is 1.12 bits per heavy atom. The third-order valence-electron chi connectivity index (χ3n) is 6.16. The molecule has 2 aromatic rings. The lowest BCUT2D eigenvalue weighted by Crippen LogP contribution is -2.39. The maximum Gasteiger partial charge on any atom is 0.360 e. The summed E-state index contributed by atoms with van der Waals surface area (Å²) >= 11 is 0. The van der Waals surface area contributed by atoms with Crippen LogP contribution in [-0.4, -0.2) is 43.0 Å². The lowest BCUT2D eigenvalue weighted by Gasteiger charge is -2.36. The molecule has 5 rings (SSSR count). The van der Waals surface area contributed by atoms with E-state index in [2.05, 4.69) is 4.98 Å². The fourth-order valence-corrected chi connectivity index (χ4v) is 4.49. The number of esters is 1. The van der Waals surface area contributed by atoms with E-state index in [0.717, 1.165) is 31.2 Å². The molecule has 1 aliphatic carbocycles. The molecule has 8 heteroatoms. The van der Waals surface area contributed by atoms with Gasteiger partial charge in [0.1, 0.15) is 18.0 Å². The summed E-state index contributed by atoms with van der Waals surface area (Å²) in [7, 11) is 2.89. The molecule has 2 bridgehead atoms. The van der Waals surface area contributed by atoms with Gasteiger partial charge in [-0.25, -0.2) is 9.78 Å². The van der Waals surface area contributed by atoms with Crippen molar-refractivity contribution in [3.05, 3.63) is 57.8 Å². The van der Waals surface area contributed by atoms with Crippen molar-refractivity contribution >= 4 is 5.97 Å². The van der Waals surface area contributed by atoms with Gasteiger partial charge in [-0.1, -0.05) is 44.2 Å². The van der Waals surface area contributed by atoms with Crippen LogP contribution in [0.2, 0.25) is 0 Å². The summed E-state index contributed by atoms with van der Waals surface area (Å²) in [4.78, 5) is 30.7. The van der Waals surface area contributed by atoms with Gasteiger partial charge in [-0.2, -0.15) is 0 Å². The fourth-order valence-electron chi connectivity index (χ4n) is 4.49. The van der Waals surface area contributed by atoms with Crippen molar-refractivity contribution in [1.29, 1.82) is 0 Å². The van der Waals surface area contributed by atoms with Crippen LogP contribution in [0.1, 0.15) is 61.4 Å². The summed E-state index contributed by atoms with van der Waals surface area (Å²) in [6.07, 6.45) is 3.37. The van der Waals surface area contributed by atoms with E-state index in [4.69, 9.17) is 18.9 Å². The molecule has 33 heavy (non-hydrogen) atoms.